The molecule has 0 unspecified atom stereocenters. The molecule has 9 heteroatoms. The predicted octanol–water partition coefficient (Wildman–Crippen LogP) is 1.86. The highest BCUT2D eigenvalue weighted by atomic mass is 16.5. The van der Waals surface area contributed by atoms with E-state index in [0.717, 1.165) is 59.4 Å². The third-order valence-electron chi connectivity index (χ3n) is 6.11. The fourth-order valence-corrected chi connectivity index (χ4v) is 4.38. The van der Waals surface area contributed by atoms with E-state index in [1.807, 2.05) is 36.4 Å². The zero-order valence-electron chi connectivity index (χ0n) is 18.6. The predicted molar refractivity (Wildman–Crippen MR) is 128 cm³/mol. The summed E-state index contributed by atoms with van der Waals surface area (Å²) in [6.07, 6.45) is 0. The molecule has 0 spiro atoms. The summed E-state index contributed by atoms with van der Waals surface area (Å²) in [7, 11) is 0. The van der Waals surface area contributed by atoms with Gasteiger partial charge in [0.05, 0.1) is 39.5 Å². The van der Waals surface area contributed by atoms with Gasteiger partial charge < -0.3 is 25.1 Å². The molecule has 9 nitrogen and oxygen atoms in total. The molecule has 2 aliphatic heterocycles. The lowest BCUT2D eigenvalue weighted by Crippen LogP contribution is -2.41. The Morgan fingerprint density at radius 2 is 1.15 bits per heavy atom. The highest BCUT2D eigenvalue weighted by Crippen LogP contribution is 2.30. The molecule has 174 valence electrons. The molecular formula is C24H29N5O4. The number of hydrogen-bond donors (Lipinski definition) is 3. The zero-order chi connectivity index (χ0) is 22.6. The lowest BCUT2D eigenvalue weighted by molar-refractivity contribution is -0.119. The first-order chi connectivity index (χ1) is 16.1. The normalized spacial score (nSPS) is 17.9. The highest BCUT2D eigenvalue weighted by Gasteiger charge is 2.16. The molecule has 3 heterocycles. The third-order valence-corrected chi connectivity index (χ3v) is 6.11. The van der Waals surface area contributed by atoms with Gasteiger partial charge in [0.1, 0.15) is 0 Å². The van der Waals surface area contributed by atoms with Crippen molar-refractivity contribution in [1.82, 2.24) is 14.8 Å². The number of morpholine rings is 2. The van der Waals surface area contributed by atoms with Gasteiger partial charge in [-0.15, -0.1) is 0 Å². The quantitative estimate of drug-likeness (QED) is 0.529. The van der Waals surface area contributed by atoms with E-state index in [9.17, 15) is 9.59 Å². The maximum Gasteiger partial charge on any atom is 0.238 e. The van der Waals surface area contributed by atoms with Crippen LogP contribution in [0.25, 0.3) is 21.8 Å². The van der Waals surface area contributed by atoms with Crippen molar-refractivity contribution in [3.8, 4) is 0 Å². The fraction of sp³-hybridized carbons (Fsp3) is 0.417. The maximum absolute atomic E-state index is 12.5. The minimum Gasteiger partial charge on any atom is -0.379 e. The average molecular weight is 452 g/mol. The minimum atomic E-state index is -0.0350. The van der Waals surface area contributed by atoms with Crippen LogP contribution in [0.2, 0.25) is 0 Å². The summed E-state index contributed by atoms with van der Waals surface area (Å²) in [5.41, 5.74) is 3.47. The number of aromatic amines is 1. The molecule has 1 aromatic heterocycles. The monoisotopic (exact) mass is 451 g/mol. The van der Waals surface area contributed by atoms with E-state index in [-0.39, 0.29) is 11.8 Å². The maximum atomic E-state index is 12.5. The number of rotatable bonds is 6. The Kier molecular flexibility index (Phi) is 6.54. The van der Waals surface area contributed by atoms with Crippen LogP contribution in [-0.4, -0.2) is 92.3 Å². The van der Waals surface area contributed by atoms with Crippen LogP contribution in [0.1, 0.15) is 0 Å². The summed E-state index contributed by atoms with van der Waals surface area (Å²) < 4.78 is 10.7. The molecule has 5 rings (SSSR count). The van der Waals surface area contributed by atoms with Crippen molar-refractivity contribution in [1.29, 1.82) is 0 Å². The summed E-state index contributed by atoms with van der Waals surface area (Å²) in [6.45, 7) is 6.47. The number of ether oxygens (including phenoxy) is 2. The number of hydrogen-bond acceptors (Lipinski definition) is 6. The minimum absolute atomic E-state index is 0.0350. The number of nitrogens with one attached hydrogen (secondary N) is 3. The van der Waals surface area contributed by atoms with Gasteiger partial charge in [0.25, 0.3) is 0 Å². The smallest absolute Gasteiger partial charge is 0.238 e. The second-order valence-electron chi connectivity index (χ2n) is 8.52. The first kappa shape index (κ1) is 21.8. The molecule has 3 aromatic rings. The van der Waals surface area contributed by atoms with E-state index in [1.54, 1.807) is 0 Å². The molecule has 2 fully saturated rings. The van der Waals surface area contributed by atoms with Crippen LogP contribution in [0.5, 0.6) is 0 Å². The Morgan fingerprint density at radius 3 is 1.58 bits per heavy atom. The molecule has 3 N–H and O–H groups in total. The topological polar surface area (TPSA) is 98.9 Å². The molecule has 2 aliphatic rings. The summed E-state index contributed by atoms with van der Waals surface area (Å²) in [5.74, 6) is -0.0701. The summed E-state index contributed by atoms with van der Waals surface area (Å²) >= 11 is 0. The van der Waals surface area contributed by atoms with Gasteiger partial charge in [-0.25, -0.2) is 0 Å². The molecule has 0 aliphatic carbocycles. The van der Waals surface area contributed by atoms with Crippen LogP contribution in [0.3, 0.4) is 0 Å². The first-order valence-electron chi connectivity index (χ1n) is 11.4. The number of H-pyrrole nitrogens is 1. The van der Waals surface area contributed by atoms with Crippen LogP contribution >= 0.6 is 0 Å². The molecule has 0 atom stereocenters. The van der Waals surface area contributed by atoms with Crippen LogP contribution in [-0.2, 0) is 19.1 Å². The summed E-state index contributed by atoms with van der Waals surface area (Å²) in [5, 5.41) is 8.01. The van der Waals surface area contributed by atoms with Crippen molar-refractivity contribution < 1.29 is 19.1 Å². The van der Waals surface area contributed by atoms with Gasteiger partial charge in [-0.3, -0.25) is 19.4 Å². The Labute approximate surface area is 192 Å². The Morgan fingerprint density at radius 1 is 0.727 bits per heavy atom. The fourth-order valence-electron chi connectivity index (χ4n) is 4.38. The van der Waals surface area contributed by atoms with Crippen molar-refractivity contribution in [2.24, 2.45) is 0 Å². The van der Waals surface area contributed by atoms with Crippen molar-refractivity contribution in [2.75, 3.05) is 76.3 Å². The van der Waals surface area contributed by atoms with Gasteiger partial charge in [0.2, 0.25) is 11.8 Å². The SMILES string of the molecule is O=C(CN1CCOCC1)Nc1ccc2[nH]c3ccc(NC(=O)CN4CCOCC4)cc3c2c1. The standard InChI is InChI=1S/C24H29N5O4/c30-23(15-28-5-9-32-10-6-28)25-17-1-3-21-19(13-17)20-14-18(2-4-22(20)27-21)26-24(31)16-29-7-11-33-12-8-29/h1-4,13-14,27H,5-12,15-16H2,(H,25,30)(H,26,31). The molecule has 2 amide bonds. The van der Waals surface area contributed by atoms with E-state index in [2.05, 4.69) is 25.4 Å². The Bertz CT molecular complexity index is 1060. The van der Waals surface area contributed by atoms with Crippen molar-refractivity contribution in [3.63, 3.8) is 0 Å². The molecule has 0 bridgehead atoms. The molecule has 2 saturated heterocycles. The van der Waals surface area contributed by atoms with Crippen LogP contribution < -0.4 is 10.6 Å². The van der Waals surface area contributed by atoms with Crippen molar-refractivity contribution in [2.45, 2.75) is 0 Å². The number of benzene rings is 2. The van der Waals surface area contributed by atoms with Gasteiger partial charge in [0.15, 0.2) is 0 Å². The highest BCUT2D eigenvalue weighted by molar-refractivity contribution is 6.10. The largest absolute Gasteiger partial charge is 0.379 e. The van der Waals surface area contributed by atoms with E-state index >= 15 is 0 Å². The number of amides is 2. The van der Waals surface area contributed by atoms with Crippen LogP contribution in [0.15, 0.2) is 36.4 Å². The number of fused-ring (bicyclic) bond motifs is 3. The summed E-state index contributed by atoms with van der Waals surface area (Å²) in [6, 6.07) is 11.7. The molecule has 0 saturated carbocycles. The molecule has 33 heavy (non-hydrogen) atoms. The first-order valence-corrected chi connectivity index (χ1v) is 11.4. The second-order valence-corrected chi connectivity index (χ2v) is 8.52. The van der Waals surface area contributed by atoms with Gasteiger partial charge in [-0.05, 0) is 36.4 Å². The Balaban J connectivity index is 1.29. The van der Waals surface area contributed by atoms with E-state index in [1.165, 1.54) is 0 Å². The van der Waals surface area contributed by atoms with Crippen molar-refractivity contribution >= 4 is 45.0 Å². The number of carbonyl (C=O) groups is 2. The number of carbonyl (C=O) groups excluding carboxylic acids is 2. The van der Waals surface area contributed by atoms with E-state index < -0.39 is 0 Å². The third kappa shape index (κ3) is 5.33. The lowest BCUT2D eigenvalue weighted by atomic mass is 10.1. The lowest BCUT2D eigenvalue weighted by Gasteiger charge is -2.25. The van der Waals surface area contributed by atoms with Crippen LogP contribution in [0.4, 0.5) is 11.4 Å². The van der Waals surface area contributed by atoms with E-state index in [4.69, 9.17) is 9.47 Å². The van der Waals surface area contributed by atoms with Crippen LogP contribution in [0, 0.1) is 0 Å². The Hall–Kier alpha value is -2.98. The van der Waals surface area contributed by atoms with E-state index in [0.29, 0.717) is 39.5 Å². The number of nitrogens with zero attached hydrogens (tertiary/aromatic N) is 2. The van der Waals surface area contributed by atoms with Gasteiger partial charge in [0, 0.05) is 59.4 Å². The molecule has 2 aromatic carbocycles. The van der Waals surface area contributed by atoms with Gasteiger partial charge in [-0.2, -0.15) is 0 Å². The van der Waals surface area contributed by atoms with Crippen molar-refractivity contribution in [3.05, 3.63) is 36.4 Å². The van der Waals surface area contributed by atoms with Gasteiger partial charge in [-0.1, -0.05) is 0 Å². The molecular weight excluding hydrogens is 422 g/mol. The zero-order valence-corrected chi connectivity index (χ0v) is 18.6. The average Bonchev–Trinajstić information content (AvgIpc) is 3.17. The molecule has 0 radical (unpaired) electrons. The second kappa shape index (κ2) is 9.88. The number of anilines is 2. The van der Waals surface area contributed by atoms with Gasteiger partial charge >= 0.3 is 0 Å². The summed E-state index contributed by atoms with van der Waals surface area (Å²) in [4.78, 5) is 32.6. The number of aromatic nitrogens is 1.